The van der Waals surface area contributed by atoms with Gasteiger partial charge in [0.05, 0.1) is 19.1 Å². The first-order chi connectivity index (χ1) is 9.66. The van der Waals surface area contributed by atoms with Crippen molar-refractivity contribution in [3.8, 4) is 0 Å². The largest absolute Gasteiger partial charge is 0.455 e. The Labute approximate surface area is 116 Å². The quantitative estimate of drug-likeness (QED) is 0.659. The molecule has 5 nitrogen and oxygen atoms in total. The molecule has 2 saturated heterocycles. The zero-order valence-electron chi connectivity index (χ0n) is 10.9. The molecular weight excluding hydrogens is 260 g/mol. The van der Waals surface area contributed by atoms with E-state index in [1.807, 2.05) is 30.3 Å². The van der Waals surface area contributed by atoms with Crippen LogP contribution in [0.1, 0.15) is 5.56 Å². The van der Waals surface area contributed by atoms with Crippen LogP contribution in [-0.2, 0) is 25.6 Å². The van der Waals surface area contributed by atoms with Gasteiger partial charge in [-0.2, -0.15) is 0 Å². The molecule has 0 spiro atoms. The van der Waals surface area contributed by atoms with Crippen LogP contribution < -0.4 is 0 Å². The van der Waals surface area contributed by atoms with Crippen LogP contribution in [-0.4, -0.2) is 36.2 Å². The molecule has 2 fully saturated rings. The number of esters is 1. The highest BCUT2D eigenvalue weighted by Crippen LogP contribution is 2.34. The fourth-order valence-electron chi connectivity index (χ4n) is 2.49. The highest BCUT2D eigenvalue weighted by molar-refractivity contribution is 5.91. The Balaban J connectivity index is 1.62. The second-order valence-electron chi connectivity index (χ2n) is 4.99. The molecule has 0 aromatic heterocycles. The maximum Gasteiger partial charge on any atom is 0.334 e. The average Bonchev–Trinajstić information content (AvgIpc) is 2.76. The molecule has 0 unspecified atom stereocenters. The van der Waals surface area contributed by atoms with Gasteiger partial charge in [-0.3, -0.25) is 0 Å². The molecule has 1 N–H and O–H groups in total. The van der Waals surface area contributed by atoms with E-state index in [-0.39, 0.29) is 12.5 Å². The minimum atomic E-state index is -0.999. The predicted octanol–water partition coefficient (Wildman–Crippen LogP) is 1.02. The average molecular weight is 276 g/mol. The molecule has 0 aliphatic carbocycles. The van der Waals surface area contributed by atoms with E-state index in [2.05, 4.69) is 6.58 Å². The van der Waals surface area contributed by atoms with Gasteiger partial charge >= 0.3 is 5.97 Å². The topological polar surface area (TPSA) is 65.0 Å². The Kier molecular flexibility index (Phi) is 3.56. The van der Waals surface area contributed by atoms with Crippen molar-refractivity contribution in [2.45, 2.75) is 25.1 Å². The highest BCUT2D eigenvalue weighted by atomic mass is 16.7. The van der Waals surface area contributed by atoms with Gasteiger partial charge in [0.25, 0.3) is 0 Å². The summed E-state index contributed by atoms with van der Waals surface area (Å²) in [5, 5.41) is 10.2. The second-order valence-corrected chi connectivity index (χ2v) is 4.99. The molecule has 1 aromatic rings. The SMILES string of the molecule is C=C1C(=O)O[C@H]2[C@H](O)[C@@H](OCc3ccccc3)OC[C@@H]12. The van der Waals surface area contributed by atoms with E-state index in [1.54, 1.807) is 0 Å². The lowest BCUT2D eigenvalue weighted by atomic mass is 9.92. The Morgan fingerprint density at radius 1 is 1.35 bits per heavy atom. The van der Waals surface area contributed by atoms with Gasteiger partial charge in [0, 0.05) is 5.57 Å². The van der Waals surface area contributed by atoms with E-state index >= 15 is 0 Å². The standard InChI is InChI=1S/C15H16O5/c1-9-11-8-19-15(12(16)13(11)20-14(9)17)18-7-10-5-3-2-4-6-10/h2-6,11-13,15-16H,1,7-8H2/t11-,12-,13+,15-/m0/s1. The van der Waals surface area contributed by atoms with E-state index in [1.165, 1.54) is 0 Å². The van der Waals surface area contributed by atoms with Crippen molar-refractivity contribution in [2.24, 2.45) is 5.92 Å². The van der Waals surface area contributed by atoms with Crippen molar-refractivity contribution in [3.05, 3.63) is 48.0 Å². The van der Waals surface area contributed by atoms with Gasteiger partial charge in [-0.1, -0.05) is 36.9 Å². The lowest BCUT2D eigenvalue weighted by Gasteiger charge is -2.34. The van der Waals surface area contributed by atoms with E-state index < -0.39 is 24.5 Å². The van der Waals surface area contributed by atoms with Crippen molar-refractivity contribution < 1.29 is 24.1 Å². The molecule has 1 aromatic carbocycles. The molecule has 0 bridgehead atoms. The Morgan fingerprint density at radius 3 is 2.85 bits per heavy atom. The summed E-state index contributed by atoms with van der Waals surface area (Å²) < 4.78 is 16.2. The van der Waals surface area contributed by atoms with E-state index in [0.29, 0.717) is 12.2 Å². The summed E-state index contributed by atoms with van der Waals surface area (Å²) in [6, 6.07) is 9.60. The molecule has 2 heterocycles. The molecule has 0 amide bonds. The summed E-state index contributed by atoms with van der Waals surface area (Å²) in [5.41, 5.74) is 1.34. The van der Waals surface area contributed by atoms with Crippen LogP contribution in [0.3, 0.4) is 0 Å². The summed E-state index contributed by atoms with van der Waals surface area (Å²) >= 11 is 0. The maximum absolute atomic E-state index is 11.4. The zero-order chi connectivity index (χ0) is 14.1. The van der Waals surface area contributed by atoms with Crippen LogP contribution in [0.15, 0.2) is 42.5 Å². The Hall–Kier alpha value is -1.69. The van der Waals surface area contributed by atoms with Crippen LogP contribution >= 0.6 is 0 Å². The molecule has 3 rings (SSSR count). The third-order valence-corrected chi connectivity index (χ3v) is 3.66. The van der Waals surface area contributed by atoms with Crippen LogP contribution in [0.5, 0.6) is 0 Å². The molecule has 106 valence electrons. The van der Waals surface area contributed by atoms with Gasteiger partial charge in [-0.05, 0) is 5.56 Å². The Morgan fingerprint density at radius 2 is 2.10 bits per heavy atom. The summed E-state index contributed by atoms with van der Waals surface area (Å²) in [4.78, 5) is 11.4. The van der Waals surface area contributed by atoms with Crippen LogP contribution in [0.4, 0.5) is 0 Å². The number of rotatable bonds is 3. The van der Waals surface area contributed by atoms with Crippen molar-refractivity contribution in [3.63, 3.8) is 0 Å². The number of ether oxygens (including phenoxy) is 3. The van der Waals surface area contributed by atoms with Gasteiger partial charge in [0.2, 0.25) is 0 Å². The monoisotopic (exact) mass is 276 g/mol. The molecule has 5 heteroatoms. The van der Waals surface area contributed by atoms with Gasteiger partial charge in [0.1, 0.15) is 12.2 Å². The summed E-state index contributed by atoms with van der Waals surface area (Å²) in [5.74, 6) is -0.750. The lowest BCUT2D eigenvalue weighted by Crippen LogP contribution is -2.49. The number of aliphatic hydroxyl groups excluding tert-OH is 1. The van der Waals surface area contributed by atoms with Gasteiger partial charge < -0.3 is 19.3 Å². The predicted molar refractivity (Wildman–Crippen MR) is 69.5 cm³/mol. The summed E-state index contributed by atoms with van der Waals surface area (Å²) in [7, 11) is 0. The minimum absolute atomic E-state index is 0.270. The van der Waals surface area contributed by atoms with Crippen molar-refractivity contribution in [1.82, 2.24) is 0 Å². The number of benzene rings is 1. The fraction of sp³-hybridized carbons (Fsp3) is 0.400. The van der Waals surface area contributed by atoms with Crippen molar-refractivity contribution in [1.29, 1.82) is 0 Å². The van der Waals surface area contributed by atoms with Crippen molar-refractivity contribution >= 4 is 5.97 Å². The zero-order valence-corrected chi connectivity index (χ0v) is 10.9. The molecule has 2 aliphatic rings. The molecule has 4 atom stereocenters. The third kappa shape index (κ3) is 2.35. The number of hydrogen-bond donors (Lipinski definition) is 1. The van der Waals surface area contributed by atoms with E-state index in [4.69, 9.17) is 14.2 Å². The number of fused-ring (bicyclic) bond motifs is 1. The molecule has 2 aliphatic heterocycles. The number of carbonyl (C=O) groups excluding carboxylic acids is 1. The van der Waals surface area contributed by atoms with Gasteiger partial charge in [0.15, 0.2) is 6.29 Å². The smallest absolute Gasteiger partial charge is 0.334 e. The minimum Gasteiger partial charge on any atom is -0.455 e. The first kappa shape index (κ1) is 13.3. The van der Waals surface area contributed by atoms with Gasteiger partial charge in [-0.25, -0.2) is 4.79 Å². The number of carbonyl (C=O) groups is 1. The molecule has 20 heavy (non-hydrogen) atoms. The van der Waals surface area contributed by atoms with Crippen LogP contribution in [0.2, 0.25) is 0 Å². The Bertz CT molecular complexity index is 512. The maximum atomic E-state index is 11.4. The first-order valence-electron chi connectivity index (χ1n) is 6.52. The van der Waals surface area contributed by atoms with Crippen molar-refractivity contribution in [2.75, 3.05) is 6.61 Å². The highest BCUT2D eigenvalue weighted by Gasteiger charge is 2.49. The fourth-order valence-corrected chi connectivity index (χ4v) is 2.49. The first-order valence-corrected chi connectivity index (χ1v) is 6.52. The molecular formula is C15H16O5. The van der Waals surface area contributed by atoms with Gasteiger partial charge in [-0.15, -0.1) is 0 Å². The summed E-state index contributed by atoms with van der Waals surface area (Å²) in [6.45, 7) is 4.26. The third-order valence-electron chi connectivity index (χ3n) is 3.66. The number of aliphatic hydroxyl groups is 1. The molecule has 0 radical (unpaired) electrons. The summed E-state index contributed by atoms with van der Waals surface area (Å²) in [6.07, 6.45) is -2.42. The molecule has 0 saturated carbocycles. The van der Waals surface area contributed by atoms with Crippen LogP contribution in [0, 0.1) is 5.92 Å². The number of hydrogen-bond acceptors (Lipinski definition) is 5. The second kappa shape index (κ2) is 5.36. The van der Waals surface area contributed by atoms with E-state index in [0.717, 1.165) is 5.56 Å². The normalized spacial score (nSPS) is 32.9. The van der Waals surface area contributed by atoms with E-state index in [9.17, 15) is 9.90 Å². The van der Waals surface area contributed by atoms with Crippen LogP contribution in [0.25, 0.3) is 0 Å². The lowest BCUT2D eigenvalue weighted by molar-refractivity contribution is -0.254.